The number of rotatable bonds is 3. The van der Waals surface area contributed by atoms with Crippen molar-refractivity contribution in [1.82, 2.24) is 14.9 Å². The average Bonchev–Trinajstić information content (AvgIpc) is 2.56. The number of benzene rings is 1. The lowest BCUT2D eigenvalue weighted by molar-refractivity contribution is 0.0786. The van der Waals surface area contributed by atoms with Gasteiger partial charge in [0.05, 0.1) is 16.1 Å². The van der Waals surface area contributed by atoms with Crippen molar-refractivity contribution >= 4 is 28.4 Å². The molecule has 3 rings (SSSR count). The summed E-state index contributed by atoms with van der Waals surface area (Å²) in [6, 6.07) is 10.9. The predicted octanol–water partition coefficient (Wildman–Crippen LogP) is 3.56. The summed E-state index contributed by atoms with van der Waals surface area (Å²) in [5.74, 6) is -0.0933. The summed E-state index contributed by atoms with van der Waals surface area (Å²) in [6.07, 6.45) is 5.13. The van der Waals surface area contributed by atoms with Crippen molar-refractivity contribution in [3.05, 3.63) is 71.1 Å². The van der Waals surface area contributed by atoms with Crippen LogP contribution in [-0.4, -0.2) is 27.8 Å². The van der Waals surface area contributed by atoms with Crippen molar-refractivity contribution in [3.63, 3.8) is 0 Å². The van der Waals surface area contributed by atoms with Crippen LogP contribution < -0.4 is 0 Å². The molecule has 0 atom stereocenters. The number of fused-ring (bicyclic) bond motifs is 1. The van der Waals surface area contributed by atoms with E-state index >= 15 is 0 Å². The highest BCUT2D eigenvalue weighted by Gasteiger charge is 2.17. The number of hydrogen-bond acceptors (Lipinski definition) is 3. The second kappa shape index (κ2) is 6.12. The van der Waals surface area contributed by atoms with Crippen LogP contribution in [0.5, 0.6) is 0 Å². The van der Waals surface area contributed by atoms with E-state index in [1.54, 1.807) is 42.7 Å². The number of aromatic nitrogens is 2. The standard InChI is InChI=1S/C17H14ClN3O/c1-21(11-12-4-2-8-19-10-12)17(22)14-6-7-15(18)13-5-3-9-20-16(13)14/h2-10H,11H2,1H3. The molecule has 0 saturated carbocycles. The first-order valence-corrected chi connectivity index (χ1v) is 7.22. The van der Waals surface area contributed by atoms with Gasteiger partial charge >= 0.3 is 0 Å². The van der Waals surface area contributed by atoms with E-state index in [2.05, 4.69) is 9.97 Å². The van der Waals surface area contributed by atoms with Gasteiger partial charge in [-0.2, -0.15) is 0 Å². The number of halogens is 1. The van der Waals surface area contributed by atoms with Gasteiger partial charge < -0.3 is 4.90 Å². The van der Waals surface area contributed by atoms with Gasteiger partial charge in [0.15, 0.2) is 0 Å². The van der Waals surface area contributed by atoms with Crippen molar-refractivity contribution in [2.75, 3.05) is 7.05 Å². The SMILES string of the molecule is CN(Cc1cccnc1)C(=O)c1ccc(Cl)c2cccnc12. The van der Waals surface area contributed by atoms with Crippen molar-refractivity contribution in [1.29, 1.82) is 0 Å². The Balaban J connectivity index is 1.94. The summed E-state index contributed by atoms with van der Waals surface area (Å²) in [5.41, 5.74) is 2.15. The van der Waals surface area contributed by atoms with Gasteiger partial charge in [0, 0.05) is 37.6 Å². The minimum atomic E-state index is -0.0933. The van der Waals surface area contributed by atoms with Crippen LogP contribution in [0, 0.1) is 0 Å². The van der Waals surface area contributed by atoms with Gasteiger partial charge in [0.1, 0.15) is 0 Å². The van der Waals surface area contributed by atoms with Crippen molar-refractivity contribution in [2.45, 2.75) is 6.54 Å². The van der Waals surface area contributed by atoms with E-state index < -0.39 is 0 Å². The highest BCUT2D eigenvalue weighted by atomic mass is 35.5. The Labute approximate surface area is 133 Å². The zero-order valence-electron chi connectivity index (χ0n) is 12.0. The average molecular weight is 312 g/mol. The number of pyridine rings is 2. The van der Waals surface area contributed by atoms with E-state index in [0.717, 1.165) is 10.9 Å². The van der Waals surface area contributed by atoms with Crippen molar-refractivity contribution in [2.24, 2.45) is 0 Å². The number of carbonyl (C=O) groups is 1. The molecule has 0 aliphatic carbocycles. The second-order valence-corrected chi connectivity index (χ2v) is 5.42. The van der Waals surface area contributed by atoms with Crippen LogP contribution in [0.2, 0.25) is 5.02 Å². The molecule has 110 valence electrons. The zero-order valence-corrected chi connectivity index (χ0v) is 12.8. The normalized spacial score (nSPS) is 10.6. The Morgan fingerprint density at radius 3 is 2.77 bits per heavy atom. The highest BCUT2D eigenvalue weighted by molar-refractivity contribution is 6.36. The fraction of sp³-hybridized carbons (Fsp3) is 0.118. The molecular formula is C17H14ClN3O. The Morgan fingerprint density at radius 2 is 2.00 bits per heavy atom. The molecule has 1 amide bonds. The smallest absolute Gasteiger partial charge is 0.256 e. The van der Waals surface area contributed by atoms with E-state index in [-0.39, 0.29) is 5.91 Å². The number of hydrogen-bond donors (Lipinski definition) is 0. The summed E-state index contributed by atoms with van der Waals surface area (Å²) in [5, 5.41) is 1.37. The highest BCUT2D eigenvalue weighted by Crippen LogP contribution is 2.25. The number of nitrogens with zero attached hydrogens (tertiary/aromatic N) is 3. The Morgan fingerprint density at radius 1 is 1.18 bits per heavy atom. The number of carbonyl (C=O) groups excluding carboxylic acids is 1. The van der Waals surface area contributed by atoms with E-state index in [9.17, 15) is 4.79 Å². The maximum absolute atomic E-state index is 12.7. The molecule has 0 aliphatic rings. The molecule has 5 heteroatoms. The third kappa shape index (κ3) is 2.78. The molecule has 2 heterocycles. The van der Waals surface area contributed by atoms with Gasteiger partial charge in [0.2, 0.25) is 0 Å². The summed E-state index contributed by atoms with van der Waals surface area (Å²) in [6.45, 7) is 0.490. The quantitative estimate of drug-likeness (QED) is 0.743. The third-order valence-electron chi connectivity index (χ3n) is 3.44. The molecule has 0 saturated heterocycles. The van der Waals surface area contributed by atoms with Crippen LogP contribution in [-0.2, 0) is 6.54 Å². The van der Waals surface area contributed by atoms with Gasteiger partial charge in [-0.15, -0.1) is 0 Å². The van der Waals surface area contributed by atoms with Gasteiger partial charge in [-0.3, -0.25) is 14.8 Å². The lowest BCUT2D eigenvalue weighted by Gasteiger charge is -2.18. The second-order valence-electron chi connectivity index (χ2n) is 5.02. The maximum Gasteiger partial charge on any atom is 0.256 e. The summed E-state index contributed by atoms with van der Waals surface area (Å²) < 4.78 is 0. The molecule has 22 heavy (non-hydrogen) atoms. The first kappa shape index (κ1) is 14.5. The van der Waals surface area contributed by atoms with Gasteiger partial charge in [-0.25, -0.2) is 0 Å². The van der Waals surface area contributed by atoms with Crippen LogP contribution in [0.1, 0.15) is 15.9 Å². The summed E-state index contributed by atoms with van der Waals surface area (Å²) in [4.78, 5) is 22.7. The van der Waals surface area contributed by atoms with Gasteiger partial charge in [0.25, 0.3) is 5.91 Å². The first-order valence-electron chi connectivity index (χ1n) is 6.84. The van der Waals surface area contributed by atoms with E-state index in [1.165, 1.54) is 0 Å². The van der Waals surface area contributed by atoms with Crippen LogP contribution in [0.4, 0.5) is 0 Å². The molecule has 0 aliphatic heterocycles. The molecule has 0 bridgehead atoms. The molecule has 3 aromatic rings. The monoisotopic (exact) mass is 311 g/mol. The van der Waals surface area contributed by atoms with Crippen LogP contribution in [0.25, 0.3) is 10.9 Å². The minimum Gasteiger partial charge on any atom is -0.337 e. The molecule has 0 N–H and O–H groups in total. The molecule has 0 spiro atoms. The lowest BCUT2D eigenvalue weighted by Crippen LogP contribution is -2.26. The molecule has 4 nitrogen and oxygen atoms in total. The Bertz CT molecular complexity index is 821. The predicted molar refractivity (Wildman–Crippen MR) is 86.8 cm³/mol. The Kier molecular flexibility index (Phi) is 4.02. The number of amides is 1. The first-order chi connectivity index (χ1) is 10.7. The lowest BCUT2D eigenvalue weighted by atomic mass is 10.1. The fourth-order valence-corrected chi connectivity index (χ4v) is 2.57. The molecule has 0 radical (unpaired) electrons. The summed E-state index contributed by atoms with van der Waals surface area (Å²) in [7, 11) is 1.76. The van der Waals surface area contributed by atoms with Crippen LogP contribution in [0.3, 0.4) is 0 Å². The van der Waals surface area contributed by atoms with E-state index in [0.29, 0.717) is 22.6 Å². The Hall–Kier alpha value is -2.46. The van der Waals surface area contributed by atoms with Crippen LogP contribution >= 0.6 is 11.6 Å². The van der Waals surface area contributed by atoms with Gasteiger partial charge in [-0.05, 0) is 35.9 Å². The van der Waals surface area contributed by atoms with E-state index in [4.69, 9.17) is 11.6 Å². The largest absolute Gasteiger partial charge is 0.337 e. The third-order valence-corrected chi connectivity index (χ3v) is 3.77. The molecule has 0 unspecified atom stereocenters. The topological polar surface area (TPSA) is 46.1 Å². The van der Waals surface area contributed by atoms with Crippen molar-refractivity contribution in [3.8, 4) is 0 Å². The fourth-order valence-electron chi connectivity index (χ4n) is 2.35. The molecule has 0 fully saturated rings. The van der Waals surface area contributed by atoms with Crippen LogP contribution in [0.15, 0.2) is 55.0 Å². The van der Waals surface area contributed by atoms with Crippen molar-refractivity contribution < 1.29 is 4.79 Å². The van der Waals surface area contributed by atoms with E-state index in [1.807, 2.05) is 24.3 Å². The minimum absolute atomic E-state index is 0.0933. The molecule has 2 aromatic heterocycles. The molecular weight excluding hydrogens is 298 g/mol. The van der Waals surface area contributed by atoms with Gasteiger partial charge in [-0.1, -0.05) is 17.7 Å². The summed E-state index contributed by atoms with van der Waals surface area (Å²) >= 11 is 6.17. The zero-order chi connectivity index (χ0) is 15.5. The maximum atomic E-state index is 12.7. The molecule has 1 aromatic carbocycles.